The molecule has 0 unspecified atom stereocenters. The van der Waals surface area contributed by atoms with Crippen LogP contribution in [0.25, 0.3) is 0 Å². The Morgan fingerprint density at radius 2 is 1.83 bits per heavy atom. The Morgan fingerprint density at radius 3 is 2.50 bits per heavy atom. The van der Waals surface area contributed by atoms with E-state index in [0.717, 1.165) is 0 Å². The number of hydrogen-bond donors (Lipinski definition) is 1. The van der Waals surface area contributed by atoms with E-state index in [-0.39, 0.29) is 11.6 Å². The fourth-order valence-electron chi connectivity index (χ4n) is 1.62. The van der Waals surface area contributed by atoms with E-state index in [4.69, 9.17) is 4.74 Å². The van der Waals surface area contributed by atoms with E-state index in [1.165, 1.54) is 25.3 Å². The average molecular weight is 249 g/mol. The van der Waals surface area contributed by atoms with Crippen molar-refractivity contribution >= 4 is 5.69 Å². The van der Waals surface area contributed by atoms with Crippen molar-refractivity contribution in [1.29, 1.82) is 0 Å². The van der Waals surface area contributed by atoms with Crippen LogP contribution in [0.5, 0.6) is 5.75 Å². The summed E-state index contributed by atoms with van der Waals surface area (Å²) >= 11 is 0. The number of anilines is 1. The Morgan fingerprint density at radius 1 is 1.06 bits per heavy atom. The monoisotopic (exact) mass is 249 g/mol. The second-order valence-electron chi connectivity index (χ2n) is 3.79. The summed E-state index contributed by atoms with van der Waals surface area (Å²) in [6.45, 7) is 0.304. The molecule has 94 valence electrons. The molecule has 1 N–H and O–H groups in total. The van der Waals surface area contributed by atoms with Crippen molar-refractivity contribution in [3.8, 4) is 5.75 Å². The van der Waals surface area contributed by atoms with Gasteiger partial charge in [0.1, 0.15) is 5.82 Å². The third kappa shape index (κ3) is 2.77. The van der Waals surface area contributed by atoms with Crippen molar-refractivity contribution < 1.29 is 13.5 Å². The van der Waals surface area contributed by atoms with Crippen LogP contribution in [0.15, 0.2) is 42.5 Å². The molecule has 18 heavy (non-hydrogen) atoms. The lowest BCUT2D eigenvalue weighted by molar-refractivity contribution is 0.386. The maximum absolute atomic E-state index is 13.4. The van der Waals surface area contributed by atoms with Crippen molar-refractivity contribution in [2.75, 3.05) is 12.4 Å². The number of rotatable bonds is 4. The van der Waals surface area contributed by atoms with Gasteiger partial charge in [0.25, 0.3) is 0 Å². The molecule has 4 heteroatoms. The SMILES string of the molecule is COc1ccc(NCc2ccccc2F)cc1F. The average Bonchev–Trinajstić information content (AvgIpc) is 2.38. The first-order valence-corrected chi connectivity index (χ1v) is 5.51. The van der Waals surface area contributed by atoms with Crippen molar-refractivity contribution in [2.45, 2.75) is 6.54 Å². The number of methoxy groups -OCH3 is 1. The molecular weight excluding hydrogens is 236 g/mol. The highest BCUT2D eigenvalue weighted by Gasteiger charge is 2.04. The number of nitrogens with one attached hydrogen (secondary N) is 1. The van der Waals surface area contributed by atoms with Gasteiger partial charge in [-0.25, -0.2) is 8.78 Å². The Hall–Kier alpha value is -2.10. The van der Waals surface area contributed by atoms with Gasteiger partial charge in [-0.2, -0.15) is 0 Å². The molecule has 2 aromatic rings. The minimum atomic E-state index is -0.448. The van der Waals surface area contributed by atoms with E-state index in [2.05, 4.69) is 5.32 Å². The predicted molar refractivity (Wildman–Crippen MR) is 66.7 cm³/mol. The summed E-state index contributed by atoms with van der Waals surface area (Å²) in [6.07, 6.45) is 0. The van der Waals surface area contributed by atoms with Crippen molar-refractivity contribution in [3.05, 3.63) is 59.7 Å². The van der Waals surface area contributed by atoms with Gasteiger partial charge in [-0.3, -0.25) is 0 Å². The van der Waals surface area contributed by atoms with Gasteiger partial charge in [0.2, 0.25) is 0 Å². The van der Waals surface area contributed by atoms with Gasteiger partial charge in [-0.1, -0.05) is 18.2 Å². The molecule has 2 rings (SSSR count). The first-order valence-electron chi connectivity index (χ1n) is 5.51. The molecule has 2 nitrogen and oxygen atoms in total. The van der Waals surface area contributed by atoms with E-state index < -0.39 is 5.82 Å². The maximum Gasteiger partial charge on any atom is 0.167 e. The molecule has 0 aliphatic heterocycles. The number of benzene rings is 2. The summed E-state index contributed by atoms with van der Waals surface area (Å²) in [7, 11) is 1.41. The Balaban J connectivity index is 2.07. The fraction of sp³-hybridized carbons (Fsp3) is 0.143. The zero-order valence-electron chi connectivity index (χ0n) is 9.91. The van der Waals surface area contributed by atoms with E-state index >= 15 is 0 Å². The number of halogens is 2. The van der Waals surface area contributed by atoms with Crippen LogP contribution in [0.1, 0.15) is 5.56 Å². The molecule has 0 aliphatic carbocycles. The van der Waals surface area contributed by atoms with E-state index in [1.807, 2.05) is 0 Å². The summed E-state index contributed by atoms with van der Waals surface area (Å²) in [6, 6.07) is 11.0. The minimum Gasteiger partial charge on any atom is -0.494 e. The molecule has 0 radical (unpaired) electrons. The minimum absolute atomic E-state index is 0.187. The van der Waals surface area contributed by atoms with Crippen molar-refractivity contribution in [2.24, 2.45) is 0 Å². The molecule has 0 atom stereocenters. The zero-order valence-corrected chi connectivity index (χ0v) is 9.91. The lowest BCUT2D eigenvalue weighted by Crippen LogP contribution is -2.02. The van der Waals surface area contributed by atoms with Crippen LogP contribution < -0.4 is 10.1 Å². The third-order valence-corrected chi connectivity index (χ3v) is 2.59. The highest BCUT2D eigenvalue weighted by Crippen LogP contribution is 2.21. The van der Waals surface area contributed by atoms with Gasteiger partial charge in [0.15, 0.2) is 11.6 Å². The van der Waals surface area contributed by atoms with Crippen LogP contribution in [-0.4, -0.2) is 7.11 Å². The van der Waals surface area contributed by atoms with Crippen LogP contribution in [-0.2, 0) is 6.54 Å². The highest BCUT2D eigenvalue weighted by molar-refractivity contribution is 5.47. The molecule has 0 fully saturated rings. The predicted octanol–water partition coefficient (Wildman–Crippen LogP) is 3.59. The van der Waals surface area contributed by atoms with Crippen LogP contribution in [0.2, 0.25) is 0 Å². The largest absolute Gasteiger partial charge is 0.494 e. The second-order valence-corrected chi connectivity index (χ2v) is 3.79. The van der Waals surface area contributed by atoms with Gasteiger partial charge in [0, 0.05) is 23.9 Å². The lowest BCUT2D eigenvalue weighted by atomic mass is 10.2. The summed E-state index contributed by atoms with van der Waals surface area (Å²) in [5, 5.41) is 2.96. The van der Waals surface area contributed by atoms with Crippen LogP contribution in [0, 0.1) is 11.6 Å². The molecular formula is C14H13F2NO. The van der Waals surface area contributed by atoms with E-state index in [0.29, 0.717) is 17.8 Å². The Bertz CT molecular complexity index is 543. The standard InChI is InChI=1S/C14H13F2NO/c1-18-14-7-6-11(8-13(14)16)17-9-10-4-2-3-5-12(10)15/h2-8,17H,9H2,1H3. The molecule has 0 heterocycles. The first kappa shape index (κ1) is 12.4. The van der Waals surface area contributed by atoms with Gasteiger partial charge >= 0.3 is 0 Å². The molecule has 0 aromatic heterocycles. The van der Waals surface area contributed by atoms with Gasteiger partial charge in [0.05, 0.1) is 7.11 Å². The normalized spacial score (nSPS) is 10.2. The molecule has 0 spiro atoms. The number of hydrogen-bond acceptors (Lipinski definition) is 2. The first-order chi connectivity index (χ1) is 8.70. The molecule has 2 aromatic carbocycles. The fourth-order valence-corrected chi connectivity index (χ4v) is 1.62. The quantitative estimate of drug-likeness (QED) is 0.894. The summed E-state index contributed by atoms with van der Waals surface area (Å²) in [5.41, 5.74) is 1.12. The van der Waals surface area contributed by atoms with Crippen LogP contribution in [0.3, 0.4) is 0 Å². The third-order valence-electron chi connectivity index (χ3n) is 2.59. The molecule has 0 aliphatic rings. The zero-order chi connectivity index (χ0) is 13.0. The van der Waals surface area contributed by atoms with E-state index in [9.17, 15) is 8.78 Å². The van der Waals surface area contributed by atoms with Crippen LogP contribution in [0.4, 0.5) is 14.5 Å². The topological polar surface area (TPSA) is 21.3 Å². The van der Waals surface area contributed by atoms with Gasteiger partial charge in [-0.05, 0) is 18.2 Å². The van der Waals surface area contributed by atoms with Gasteiger partial charge < -0.3 is 10.1 Å². The summed E-state index contributed by atoms with van der Waals surface area (Å²) < 4.78 is 31.6. The van der Waals surface area contributed by atoms with Crippen molar-refractivity contribution in [1.82, 2.24) is 0 Å². The van der Waals surface area contributed by atoms with Gasteiger partial charge in [-0.15, -0.1) is 0 Å². The Labute approximate surface area is 104 Å². The molecule has 0 saturated carbocycles. The second kappa shape index (κ2) is 5.49. The maximum atomic E-state index is 13.4. The lowest BCUT2D eigenvalue weighted by Gasteiger charge is -2.09. The smallest absolute Gasteiger partial charge is 0.167 e. The molecule has 0 saturated heterocycles. The molecule has 0 bridgehead atoms. The van der Waals surface area contributed by atoms with Crippen LogP contribution >= 0.6 is 0 Å². The highest BCUT2D eigenvalue weighted by atomic mass is 19.1. The summed E-state index contributed by atoms with van der Waals surface area (Å²) in [5.74, 6) is -0.540. The number of ether oxygens (including phenoxy) is 1. The molecule has 0 amide bonds. The summed E-state index contributed by atoms with van der Waals surface area (Å²) in [4.78, 5) is 0. The Kier molecular flexibility index (Phi) is 3.77. The van der Waals surface area contributed by atoms with Crippen molar-refractivity contribution in [3.63, 3.8) is 0 Å². The van der Waals surface area contributed by atoms with E-state index in [1.54, 1.807) is 24.3 Å².